The van der Waals surface area contributed by atoms with Crippen molar-refractivity contribution >= 4 is 27.6 Å². The normalized spacial score (nSPS) is 16.3. The number of rotatable bonds is 6. The number of nitrogens with one attached hydrogen (secondary N) is 1. The zero-order valence-electron chi connectivity index (χ0n) is 16.6. The van der Waals surface area contributed by atoms with E-state index in [4.69, 9.17) is 4.74 Å². The zero-order chi connectivity index (χ0) is 21.1. The molecular formula is C22H24N2O5S. The van der Waals surface area contributed by atoms with Crippen molar-refractivity contribution in [2.24, 2.45) is 0 Å². The van der Waals surface area contributed by atoms with Crippen molar-refractivity contribution in [2.45, 2.75) is 37.0 Å². The fraction of sp³-hybridized carbons (Fsp3) is 0.364. The van der Waals surface area contributed by atoms with E-state index in [1.807, 2.05) is 18.2 Å². The summed E-state index contributed by atoms with van der Waals surface area (Å²) in [5.74, 6) is -1.10. The number of esters is 1. The zero-order valence-corrected chi connectivity index (χ0v) is 17.4. The summed E-state index contributed by atoms with van der Waals surface area (Å²) < 4.78 is 31.6. The highest BCUT2D eigenvalue weighted by atomic mass is 32.2. The molecule has 1 amide bonds. The predicted molar refractivity (Wildman–Crippen MR) is 112 cm³/mol. The Kier molecular flexibility index (Phi) is 5.87. The molecule has 0 saturated carbocycles. The summed E-state index contributed by atoms with van der Waals surface area (Å²) in [5, 5.41) is 2.74. The minimum atomic E-state index is -3.53. The number of sulfonamides is 1. The van der Waals surface area contributed by atoms with Gasteiger partial charge in [-0.25, -0.2) is 13.2 Å². The fourth-order valence-corrected chi connectivity index (χ4v) is 5.42. The Morgan fingerprint density at radius 1 is 0.933 bits per heavy atom. The first-order valence-electron chi connectivity index (χ1n) is 10.1. The average Bonchev–Trinajstić information content (AvgIpc) is 3.44. The Labute approximate surface area is 176 Å². The molecule has 1 aliphatic carbocycles. The lowest BCUT2D eigenvalue weighted by molar-refractivity contribution is -0.119. The second-order valence-electron chi connectivity index (χ2n) is 7.60. The van der Waals surface area contributed by atoms with Gasteiger partial charge in [0.25, 0.3) is 5.91 Å². The number of fused-ring (bicyclic) bond motifs is 1. The van der Waals surface area contributed by atoms with Crippen LogP contribution in [0.25, 0.3) is 0 Å². The molecule has 2 aromatic rings. The SMILES string of the molecule is O=C(COC(=O)c1ccc(S(=O)(=O)N2CCCC2)cc1)Nc1ccc2c(c1)CCC2. The third kappa shape index (κ3) is 4.39. The lowest BCUT2D eigenvalue weighted by Gasteiger charge is -2.15. The predicted octanol–water partition coefficient (Wildman–Crippen LogP) is 2.76. The van der Waals surface area contributed by atoms with Crippen LogP contribution in [0.5, 0.6) is 0 Å². The second kappa shape index (κ2) is 8.57. The number of aryl methyl sites for hydroxylation is 2. The monoisotopic (exact) mass is 428 g/mol. The molecule has 0 radical (unpaired) electrons. The highest BCUT2D eigenvalue weighted by molar-refractivity contribution is 7.89. The van der Waals surface area contributed by atoms with E-state index in [1.165, 1.54) is 39.7 Å². The summed E-state index contributed by atoms with van der Waals surface area (Å²) in [6, 6.07) is 11.4. The molecule has 0 spiro atoms. The van der Waals surface area contributed by atoms with Gasteiger partial charge in [-0.15, -0.1) is 0 Å². The van der Waals surface area contributed by atoms with Crippen molar-refractivity contribution < 1.29 is 22.7 Å². The summed E-state index contributed by atoms with van der Waals surface area (Å²) in [6.07, 6.45) is 4.92. The summed E-state index contributed by atoms with van der Waals surface area (Å²) in [6.45, 7) is 0.626. The van der Waals surface area contributed by atoms with Crippen LogP contribution < -0.4 is 5.32 Å². The van der Waals surface area contributed by atoms with Crippen LogP contribution in [0.1, 0.15) is 40.7 Å². The maximum absolute atomic E-state index is 12.5. The van der Waals surface area contributed by atoms with Gasteiger partial charge in [0.05, 0.1) is 10.5 Å². The minimum Gasteiger partial charge on any atom is -0.452 e. The van der Waals surface area contributed by atoms with Crippen molar-refractivity contribution in [3.05, 3.63) is 59.2 Å². The number of benzene rings is 2. The number of carbonyl (C=O) groups is 2. The van der Waals surface area contributed by atoms with Gasteiger partial charge in [-0.1, -0.05) is 6.07 Å². The molecule has 0 unspecified atom stereocenters. The van der Waals surface area contributed by atoms with Crippen LogP contribution in [0.15, 0.2) is 47.4 Å². The molecule has 4 rings (SSSR count). The molecule has 7 nitrogen and oxygen atoms in total. The Morgan fingerprint density at radius 2 is 1.63 bits per heavy atom. The molecule has 30 heavy (non-hydrogen) atoms. The Morgan fingerprint density at radius 3 is 2.37 bits per heavy atom. The fourth-order valence-electron chi connectivity index (χ4n) is 3.90. The van der Waals surface area contributed by atoms with Crippen LogP contribution in [-0.4, -0.2) is 44.3 Å². The van der Waals surface area contributed by atoms with E-state index in [1.54, 1.807) is 0 Å². The van der Waals surface area contributed by atoms with Crippen molar-refractivity contribution in [3.63, 3.8) is 0 Å². The third-order valence-electron chi connectivity index (χ3n) is 5.51. The van der Waals surface area contributed by atoms with Gasteiger partial charge in [0, 0.05) is 18.8 Å². The molecule has 0 aromatic heterocycles. The van der Waals surface area contributed by atoms with Crippen molar-refractivity contribution in [1.29, 1.82) is 0 Å². The Balaban J connectivity index is 1.32. The molecule has 0 atom stereocenters. The first-order chi connectivity index (χ1) is 14.4. The van der Waals surface area contributed by atoms with Crippen molar-refractivity contribution in [3.8, 4) is 0 Å². The van der Waals surface area contributed by atoms with Gasteiger partial charge < -0.3 is 10.1 Å². The van der Waals surface area contributed by atoms with Gasteiger partial charge >= 0.3 is 5.97 Å². The van der Waals surface area contributed by atoms with E-state index < -0.39 is 28.5 Å². The van der Waals surface area contributed by atoms with Crippen LogP contribution in [-0.2, 0) is 32.4 Å². The number of carbonyl (C=O) groups excluding carboxylic acids is 2. The molecule has 8 heteroatoms. The summed E-state index contributed by atoms with van der Waals surface area (Å²) in [4.78, 5) is 24.5. The molecular weight excluding hydrogens is 404 g/mol. The van der Waals surface area contributed by atoms with E-state index in [0.29, 0.717) is 18.8 Å². The first-order valence-corrected chi connectivity index (χ1v) is 11.6. The molecule has 2 aromatic carbocycles. The molecule has 158 valence electrons. The number of hydrogen-bond donors (Lipinski definition) is 1. The maximum Gasteiger partial charge on any atom is 0.338 e. The van der Waals surface area contributed by atoms with Crippen LogP contribution in [0.3, 0.4) is 0 Å². The molecule has 1 aliphatic heterocycles. The first kappa shape index (κ1) is 20.6. The number of hydrogen-bond acceptors (Lipinski definition) is 5. The van der Waals surface area contributed by atoms with Gasteiger partial charge in [0.2, 0.25) is 10.0 Å². The van der Waals surface area contributed by atoms with Crippen LogP contribution in [0.4, 0.5) is 5.69 Å². The third-order valence-corrected chi connectivity index (χ3v) is 7.42. The van der Waals surface area contributed by atoms with Gasteiger partial charge in [0.1, 0.15) is 0 Å². The van der Waals surface area contributed by atoms with Crippen LogP contribution in [0, 0.1) is 0 Å². The smallest absolute Gasteiger partial charge is 0.338 e. The summed E-state index contributed by atoms with van der Waals surface area (Å²) >= 11 is 0. The Hall–Kier alpha value is -2.71. The lowest BCUT2D eigenvalue weighted by atomic mass is 10.1. The molecule has 1 heterocycles. The number of amides is 1. The average molecular weight is 429 g/mol. The maximum atomic E-state index is 12.5. The van der Waals surface area contributed by atoms with E-state index in [-0.39, 0.29) is 10.5 Å². The van der Waals surface area contributed by atoms with Gasteiger partial charge in [0.15, 0.2) is 6.61 Å². The Bertz CT molecular complexity index is 1060. The van der Waals surface area contributed by atoms with E-state index in [2.05, 4.69) is 5.32 Å². The highest BCUT2D eigenvalue weighted by Gasteiger charge is 2.27. The molecule has 0 bridgehead atoms. The number of ether oxygens (including phenoxy) is 1. The number of nitrogens with zero attached hydrogens (tertiary/aromatic N) is 1. The highest BCUT2D eigenvalue weighted by Crippen LogP contribution is 2.25. The van der Waals surface area contributed by atoms with Gasteiger partial charge in [-0.05, 0) is 79.6 Å². The lowest BCUT2D eigenvalue weighted by Crippen LogP contribution is -2.27. The second-order valence-corrected chi connectivity index (χ2v) is 9.53. The van der Waals surface area contributed by atoms with Gasteiger partial charge in [-0.2, -0.15) is 4.31 Å². The molecule has 2 aliphatic rings. The van der Waals surface area contributed by atoms with Crippen molar-refractivity contribution in [1.82, 2.24) is 4.31 Å². The van der Waals surface area contributed by atoms with E-state index in [9.17, 15) is 18.0 Å². The molecule has 1 saturated heterocycles. The van der Waals surface area contributed by atoms with Crippen molar-refractivity contribution in [2.75, 3.05) is 25.0 Å². The quantitative estimate of drug-likeness (QED) is 0.714. The van der Waals surface area contributed by atoms with E-state index >= 15 is 0 Å². The van der Waals surface area contributed by atoms with E-state index in [0.717, 1.165) is 32.1 Å². The van der Waals surface area contributed by atoms with Crippen LogP contribution >= 0.6 is 0 Å². The minimum absolute atomic E-state index is 0.148. The largest absolute Gasteiger partial charge is 0.452 e. The van der Waals surface area contributed by atoms with Gasteiger partial charge in [-0.3, -0.25) is 4.79 Å². The molecule has 1 fully saturated rings. The van der Waals surface area contributed by atoms with Crippen LogP contribution in [0.2, 0.25) is 0 Å². The summed E-state index contributed by atoms with van der Waals surface area (Å²) in [7, 11) is -3.53. The summed E-state index contributed by atoms with van der Waals surface area (Å²) in [5.41, 5.74) is 3.44. The number of anilines is 1. The topological polar surface area (TPSA) is 92.8 Å². The standard InChI is InChI=1S/C22H24N2O5S/c25-21(23-19-9-6-16-4-3-5-18(16)14-19)15-29-22(26)17-7-10-20(11-8-17)30(27,28)24-12-1-2-13-24/h6-11,14H,1-5,12-13,15H2,(H,23,25). The molecule has 1 N–H and O–H groups in total.